The number of esters is 1. The lowest BCUT2D eigenvalue weighted by molar-refractivity contribution is -0.117. The zero-order valence-electron chi connectivity index (χ0n) is 19.6. The van der Waals surface area contributed by atoms with E-state index in [1.807, 2.05) is 18.2 Å². The molecule has 9 heteroatoms. The number of nitrogens with one attached hydrogen (secondary N) is 2. The lowest BCUT2D eigenvalue weighted by atomic mass is 10.1. The van der Waals surface area contributed by atoms with Crippen LogP contribution in [0.25, 0.3) is 10.9 Å². The van der Waals surface area contributed by atoms with Gasteiger partial charge in [0.2, 0.25) is 5.91 Å². The smallest absolute Gasteiger partial charge is 0.356 e. The van der Waals surface area contributed by atoms with Crippen LogP contribution in [0.5, 0.6) is 5.75 Å². The van der Waals surface area contributed by atoms with Gasteiger partial charge >= 0.3 is 5.97 Å². The molecule has 4 rings (SSSR count). The minimum absolute atomic E-state index is 0.104. The number of carbonyl (C=O) groups excluding carboxylic acids is 2. The van der Waals surface area contributed by atoms with Crippen LogP contribution >= 0.6 is 0 Å². The zero-order valence-corrected chi connectivity index (χ0v) is 19.6. The molecule has 0 radical (unpaired) electrons. The third-order valence-corrected chi connectivity index (χ3v) is 5.97. The fraction of sp³-hybridized carbons (Fsp3) is 0.360. The number of hydrogen-bond donors (Lipinski definition) is 2. The van der Waals surface area contributed by atoms with Crippen molar-refractivity contribution in [3.05, 3.63) is 54.0 Å². The summed E-state index contributed by atoms with van der Waals surface area (Å²) >= 11 is 0. The first-order valence-electron chi connectivity index (χ1n) is 11.3. The van der Waals surface area contributed by atoms with E-state index < -0.39 is 11.8 Å². The number of H-pyrrole nitrogens is 1. The molecular formula is C25H29FN4O4. The molecule has 0 aliphatic carbocycles. The SMILES string of the molecule is CCOC(=O)c1[nH]c2ccc(F)cc2c1NC(=O)CN1CCN(c2cccc(OC)c2)[C@H](C)C1. The van der Waals surface area contributed by atoms with Crippen molar-refractivity contribution >= 4 is 34.2 Å². The summed E-state index contributed by atoms with van der Waals surface area (Å²) in [7, 11) is 1.65. The van der Waals surface area contributed by atoms with Crippen LogP contribution < -0.4 is 15.0 Å². The molecule has 2 heterocycles. The second-order valence-electron chi connectivity index (χ2n) is 8.31. The van der Waals surface area contributed by atoms with Crippen LogP contribution in [0.3, 0.4) is 0 Å². The van der Waals surface area contributed by atoms with Crippen molar-refractivity contribution in [1.82, 2.24) is 9.88 Å². The Kier molecular flexibility index (Phi) is 7.02. The molecule has 1 aromatic heterocycles. The first kappa shape index (κ1) is 23.6. The highest BCUT2D eigenvalue weighted by molar-refractivity contribution is 6.11. The Morgan fingerprint density at radius 1 is 1.21 bits per heavy atom. The largest absolute Gasteiger partial charge is 0.497 e. The number of nitrogens with zero attached hydrogens (tertiary/aromatic N) is 2. The topological polar surface area (TPSA) is 86.9 Å². The molecule has 180 valence electrons. The van der Waals surface area contributed by atoms with E-state index in [-0.39, 0.29) is 36.5 Å². The number of rotatable bonds is 7. The first-order chi connectivity index (χ1) is 16.4. The molecule has 1 saturated heterocycles. The van der Waals surface area contributed by atoms with Crippen LogP contribution in [0.1, 0.15) is 24.3 Å². The Balaban J connectivity index is 1.45. The molecule has 0 spiro atoms. The van der Waals surface area contributed by atoms with E-state index in [1.54, 1.807) is 14.0 Å². The molecule has 3 aromatic rings. The highest BCUT2D eigenvalue weighted by Gasteiger charge is 2.27. The molecular weight excluding hydrogens is 439 g/mol. The number of fused-ring (bicyclic) bond motifs is 1. The minimum atomic E-state index is -0.602. The van der Waals surface area contributed by atoms with Crippen LogP contribution in [0.2, 0.25) is 0 Å². The number of carbonyl (C=O) groups is 2. The molecule has 2 N–H and O–H groups in total. The average molecular weight is 469 g/mol. The molecule has 1 fully saturated rings. The van der Waals surface area contributed by atoms with Crippen molar-refractivity contribution in [3.63, 3.8) is 0 Å². The maximum Gasteiger partial charge on any atom is 0.356 e. The van der Waals surface area contributed by atoms with Crippen molar-refractivity contribution in [2.24, 2.45) is 0 Å². The van der Waals surface area contributed by atoms with Gasteiger partial charge in [0.25, 0.3) is 0 Å². The Hall–Kier alpha value is -3.59. The van der Waals surface area contributed by atoms with Crippen LogP contribution in [0, 0.1) is 5.82 Å². The Labute approximate surface area is 197 Å². The maximum absolute atomic E-state index is 13.9. The monoisotopic (exact) mass is 468 g/mol. The van der Waals surface area contributed by atoms with Gasteiger partial charge in [-0.15, -0.1) is 0 Å². The number of methoxy groups -OCH3 is 1. The molecule has 2 aromatic carbocycles. The second-order valence-corrected chi connectivity index (χ2v) is 8.31. The molecule has 34 heavy (non-hydrogen) atoms. The molecule has 0 unspecified atom stereocenters. The summed E-state index contributed by atoms with van der Waals surface area (Å²) in [6, 6.07) is 12.2. The Morgan fingerprint density at radius 3 is 2.76 bits per heavy atom. The molecule has 1 aliphatic heterocycles. The van der Waals surface area contributed by atoms with Crippen LogP contribution in [0.4, 0.5) is 15.8 Å². The molecule has 1 amide bonds. The van der Waals surface area contributed by atoms with Crippen LogP contribution in [0.15, 0.2) is 42.5 Å². The predicted octanol–water partition coefficient (Wildman–Crippen LogP) is 3.64. The fourth-order valence-electron chi connectivity index (χ4n) is 4.38. The van der Waals surface area contributed by atoms with Gasteiger partial charge in [-0.05, 0) is 44.2 Å². The fourth-order valence-corrected chi connectivity index (χ4v) is 4.38. The van der Waals surface area contributed by atoms with Crippen molar-refractivity contribution < 1.29 is 23.5 Å². The highest BCUT2D eigenvalue weighted by Crippen LogP contribution is 2.29. The summed E-state index contributed by atoms with van der Waals surface area (Å²) in [6.07, 6.45) is 0. The molecule has 1 atom stereocenters. The van der Waals surface area contributed by atoms with Gasteiger partial charge in [-0.2, -0.15) is 0 Å². The Morgan fingerprint density at radius 2 is 2.03 bits per heavy atom. The number of amides is 1. The lowest BCUT2D eigenvalue weighted by Crippen LogP contribution is -2.53. The number of anilines is 2. The lowest BCUT2D eigenvalue weighted by Gasteiger charge is -2.41. The van der Waals surface area contributed by atoms with E-state index >= 15 is 0 Å². The standard InChI is InChI=1S/C25H29FN4O4/c1-4-34-25(32)24-23(20-12-17(26)8-9-21(20)27-24)28-22(31)15-29-10-11-30(16(2)14-29)18-6-5-7-19(13-18)33-3/h5-9,12-13,16,27H,4,10-11,14-15H2,1-3H3,(H,28,31)/t16-/m1/s1. The van der Waals surface area contributed by atoms with Crippen molar-refractivity contribution in [1.29, 1.82) is 0 Å². The zero-order chi connectivity index (χ0) is 24.2. The van der Waals surface area contributed by atoms with Crippen molar-refractivity contribution in [2.75, 3.05) is 50.1 Å². The highest BCUT2D eigenvalue weighted by atomic mass is 19.1. The third kappa shape index (κ3) is 4.99. The quantitative estimate of drug-likeness (QED) is 0.515. The first-order valence-corrected chi connectivity index (χ1v) is 11.3. The van der Waals surface area contributed by atoms with Crippen LogP contribution in [-0.4, -0.2) is 67.7 Å². The van der Waals surface area contributed by atoms with Crippen molar-refractivity contribution in [2.45, 2.75) is 19.9 Å². The van der Waals surface area contributed by atoms with Gasteiger partial charge in [0.1, 0.15) is 17.3 Å². The summed E-state index contributed by atoms with van der Waals surface area (Å²) in [5.74, 6) is -0.536. The molecule has 8 nitrogen and oxygen atoms in total. The molecule has 0 bridgehead atoms. The summed E-state index contributed by atoms with van der Waals surface area (Å²) in [4.78, 5) is 32.7. The number of piperazine rings is 1. The summed E-state index contributed by atoms with van der Waals surface area (Å²) in [5.41, 5.74) is 1.96. The number of hydrogen-bond acceptors (Lipinski definition) is 6. The second kappa shape index (κ2) is 10.1. The van der Waals surface area contributed by atoms with Gasteiger partial charge in [-0.1, -0.05) is 6.07 Å². The number of aromatic nitrogens is 1. The summed E-state index contributed by atoms with van der Waals surface area (Å²) < 4.78 is 24.3. The van der Waals surface area contributed by atoms with E-state index in [0.717, 1.165) is 18.0 Å². The maximum atomic E-state index is 13.9. The van der Waals surface area contributed by atoms with Crippen LogP contribution in [-0.2, 0) is 9.53 Å². The summed E-state index contributed by atoms with van der Waals surface area (Å²) in [5, 5.41) is 3.23. The number of aromatic amines is 1. The van der Waals surface area contributed by atoms with Gasteiger partial charge in [0.05, 0.1) is 25.9 Å². The number of halogens is 1. The normalized spacial score (nSPS) is 16.5. The number of benzene rings is 2. The van der Waals surface area contributed by atoms with Gasteiger partial charge < -0.3 is 24.7 Å². The van der Waals surface area contributed by atoms with E-state index in [4.69, 9.17) is 9.47 Å². The molecule has 1 aliphatic rings. The summed E-state index contributed by atoms with van der Waals surface area (Å²) in [6.45, 7) is 6.30. The van der Waals surface area contributed by atoms with Gasteiger partial charge in [0.15, 0.2) is 0 Å². The van der Waals surface area contributed by atoms with E-state index in [0.29, 0.717) is 24.0 Å². The van der Waals surface area contributed by atoms with E-state index in [1.165, 1.54) is 18.2 Å². The van der Waals surface area contributed by atoms with E-state index in [2.05, 4.69) is 33.1 Å². The van der Waals surface area contributed by atoms with Gasteiger partial charge in [-0.3, -0.25) is 9.69 Å². The minimum Gasteiger partial charge on any atom is -0.497 e. The predicted molar refractivity (Wildman–Crippen MR) is 129 cm³/mol. The van der Waals surface area contributed by atoms with E-state index in [9.17, 15) is 14.0 Å². The van der Waals surface area contributed by atoms with Gasteiger partial charge in [0, 0.05) is 48.3 Å². The average Bonchev–Trinajstić information content (AvgIpc) is 3.16. The molecule has 0 saturated carbocycles. The third-order valence-electron chi connectivity index (χ3n) is 5.97. The van der Waals surface area contributed by atoms with Gasteiger partial charge in [-0.25, -0.2) is 9.18 Å². The van der Waals surface area contributed by atoms with Crippen molar-refractivity contribution in [3.8, 4) is 5.75 Å². The number of ether oxygens (including phenoxy) is 2. The Bertz CT molecular complexity index is 1190.